The normalized spacial score (nSPS) is 10.1. The molecular formula is C23H24N2O4. The maximum absolute atomic E-state index is 11.9. The zero-order valence-corrected chi connectivity index (χ0v) is 16.3. The zero-order valence-electron chi connectivity index (χ0n) is 16.3. The minimum absolute atomic E-state index is 0.104. The summed E-state index contributed by atoms with van der Waals surface area (Å²) in [4.78, 5) is 11.9. The number of para-hydroxylation sites is 1. The summed E-state index contributed by atoms with van der Waals surface area (Å²) in [6.45, 7) is 1.00. The van der Waals surface area contributed by atoms with E-state index in [0.29, 0.717) is 13.2 Å². The summed E-state index contributed by atoms with van der Waals surface area (Å²) < 4.78 is 16.4. The zero-order chi connectivity index (χ0) is 20.3. The molecule has 2 N–H and O–H groups in total. The lowest BCUT2D eigenvalue weighted by Gasteiger charge is -2.10. The second-order valence-corrected chi connectivity index (χ2v) is 6.17. The molecule has 3 aromatic carbocycles. The molecule has 0 unspecified atom stereocenters. The number of hydrogen-bond acceptors (Lipinski definition) is 5. The highest BCUT2D eigenvalue weighted by Gasteiger charge is 2.02. The molecule has 0 aromatic heterocycles. The fraction of sp³-hybridized carbons (Fsp3) is 0.174. The molecule has 3 rings (SSSR count). The van der Waals surface area contributed by atoms with E-state index in [1.54, 1.807) is 7.11 Å². The molecule has 0 saturated carbocycles. The van der Waals surface area contributed by atoms with Crippen LogP contribution < -0.4 is 24.8 Å². The Morgan fingerprint density at radius 3 is 2.10 bits per heavy atom. The summed E-state index contributed by atoms with van der Waals surface area (Å²) in [7, 11) is 1.62. The van der Waals surface area contributed by atoms with Crippen molar-refractivity contribution in [2.75, 3.05) is 32.1 Å². The fourth-order valence-corrected chi connectivity index (χ4v) is 2.54. The van der Waals surface area contributed by atoms with Crippen molar-refractivity contribution in [3.8, 4) is 23.0 Å². The van der Waals surface area contributed by atoms with Crippen molar-refractivity contribution in [2.45, 2.75) is 0 Å². The summed E-state index contributed by atoms with van der Waals surface area (Å²) in [6, 6.07) is 24.4. The highest BCUT2D eigenvalue weighted by atomic mass is 16.5. The van der Waals surface area contributed by atoms with Gasteiger partial charge in [-0.1, -0.05) is 18.2 Å². The maximum Gasteiger partial charge on any atom is 0.239 e. The van der Waals surface area contributed by atoms with Gasteiger partial charge in [0.25, 0.3) is 0 Å². The minimum atomic E-state index is -0.104. The summed E-state index contributed by atoms with van der Waals surface area (Å²) in [5, 5.41) is 5.90. The molecule has 0 heterocycles. The first-order valence-electron chi connectivity index (χ1n) is 9.33. The third-order valence-electron chi connectivity index (χ3n) is 4.04. The Balaban J connectivity index is 1.33. The summed E-state index contributed by atoms with van der Waals surface area (Å²) in [5.74, 6) is 2.92. The monoisotopic (exact) mass is 392 g/mol. The van der Waals surface area contributed by atoms with Gasteiger partial charge in [-0.25, -0.2) is 0 Å². The SMILES string of the molecule is COc1ccc(OCCNC(=O)CNc2ccc(Oc3ccccc3)cc2)cc1. The Kier molecular flexibility index (Phi) is 7.34. The van der Waals surface area contributed by atoms with E-state index in [0.717, 1.165) is 28.7 Å². The Morgan fingerprint density at radius 1 is 0.793 bits per heavy atom. The van der Waals surface area contributed by atoms with Crippen molar-refractivity contribution in [2.24, 2.45) is 0 Å². The molecule has 0 aliphatic rings. The highest BCUT2D eigenvalue weighted by molar-refractivity contribution is 5.80. The molecule has 1 amide bonds. The molecule has 0 aliphatic carbocycles. The molecule has 150 valence electrons. The number of nitrogens with one attached hydrogen (secondary N) is 2. The average Bonchev–Trinajstić information content (AvgIpc) is 2.77. The third-order valence-corrected chi connectivity index (χ3v) is 4.04. The first-order chi connectivity index (χ1) is 14.2. The number of anilines is 1. The number of amides is 1. The lowest BCUT2D eigenvalue weighted by molar-refractivity contribution is -0.119. The van der Waals surface area contributed by atoms with Crippen molar-refractivity contribution in [1.29, 1.82) is 0 Å². The van der Waals surface area contributed by atoms with Crippen molar-refractivity contribution >= 4 is 11.6 Å². The quantitative estimate of drug-likeness (QED) is 0.509. The summed E-state index contributed by atoms with van der Waals surface area (Å²) in [5.41, 5.74) is 0.843. The van der Waals surface area contributed by atoms with Crippen LogP contribution in [0.3, 0.4) is 0 Å². The second kappa shape index (κ2) is 10.6. The number of carbonyl (C=O) groups is 1. The molecule has 0 fully saturated rings. The number of hydrogen-bond donors (Lipinski definition) is 2. The molecule has 6 heteroatoms. The van der Waals surface area contributed by atoms with Gasteiger partial charge in [-0.3, -0.25) is 4.79 Å². The van der Waals surface area contributed by atoms with Gasteiger partial charge < -0.3 is 24.8 Å². The van der Waals surface area contributed by atoms with E-state index < -0.39 is 0 Å². The molecule has 0 spiro atoms. The Labute approximate surface area is 170 Å². The van der Waals surface area contributed by atoms with Gasteiger partial charge in [0.05, 0.1) is 20.2 Å². The molecule has 0 atom stereocenters. The maximum atomic E-state index is 11.9. The second-order valence-electron chi connectivity index (χ2n) is 6.17. The number of ether oxygens (including phenoxy) is 3. The van der Waals surface area contributed by atoms with Gasteiger partial charge in [-0.15, -0.1) is 0 Å². The molecule has 0 aliphatic heterocycles. The summed E-state index contributed by atoms with van der Waals surface area (Å²) in [6.07, 6.45) is 0. The van der Waals surface area contributed by atoms with Gasteiger partial charge in [0.1, 0.15) is 29.6 Å². The van der Waals surface area contributed by atoms with Crippen molar-refractivity contribution in [1.82, 2.24) is 5.32 Å². The van der Waals surface area contributed by atoms with Gasteiger partial charge in [0, 0.05) is 5.69 Å². The Morgan fingerprint density at radius 2 is 1.41 bits per heavy atom. The molecule has 29 heavy (non-hydrogen) atoms. The van der Waals surface area contributed by atoms with E-state index in [1.807, 2.05) is 78.9 Å². The van der Waals surface area contributed by atoms with E-state index in [9.17, 15) is 4.79 Å². The molecule has 3 aromatic rings. The van der Waals surface area contributed by atoms with Gasteiger partial charge >= 0.3 is 0 Å². The van der Waals surface area contributed by atoms with Crippen LogP contribution in [0.15, 0.2) is 78.9 Å². The van der Waals surface area contributed by atoms with Crippen molar-refractivity contribution in [3.63, 3.8) is 0 Å². The van der Waals surface area contributed by atoms with Crippen LogP contribution in [0.25, 0.3) is 0 Å². The number of carbonyl (C=O) groups excluding carboxylic acids is 1. The average molecular weight is 392 g/mol. The molecular weight excluding hydrogens is 368 g/mol. The predicted octanol–water partition coefficient (Wildman–Crippen LogP) is 4.09. The van der Waals surface area contributed by atoms with Gasteiger partial charge in [0.2, 0.25) is 5.91 Å². The van der Waals surface area contributed by atoms with Crippen LogP contribution in [0.5, 0.6) is 23.0 Å². The molecule has 0 saturated heterocycles. The van der Waals surface area contributed by atoms with Crippen LogP contribution in [0.2, 0.25) is 0 Å². The number of rotatable bonds is 10. The van der Waals surface area contributed by atoms with Crippen LogP contribution in [0.4, 0.5) is 5.69 Å². The minimum Gasteiger partial charge on any atom is -0.497 e. The topological polar surface area (TPSA) is 68.8 Å². The van der Waals surface area contributed by atoms with Gasteiger partial charge in [0.15, 0.2) is 0 Å². The highest BCUT2D eigenvalue weighted by Crippen LogP contribution is 2.22. The third kappa shape index (κ3) is 6.77. The number of benzene rings is 3. The van der Waals surface area contributed by atoms with E-state index in [1.165, 1.54) is 0 Å². The first kappa shape index (κ1) is 20.1. The van der Waals surface area contributed by atoms with E-state index in [4.69, 9.17) is 14.2 Å². The number of methoxy groups -OCH3 is 1. The van der Waals surface area contributed by atoms with Crippen molar-refractivity contribution < 1.29 is 19.0 Å². The van der Waals surface area contributed by atoms with Crippen molar-refractivity contribution in [3.05, 3.63) is 78.9 Å². The van der Waals surface area contributed by atoms with Gasteiger partial charge in [-0.2, -0.15) is 0 Å². The lowest BCUT2D eigenvalue weighted by Crippen LogP contribution is -2.32. The Hall–Kier alpha value is -3.67. The Bertz CT molecular complexity index is 881. The van der Waals surface area contributed by atoms with E-state index in [-0.39, 0.29) is 12.5 Å². The molecule has 0 bridgehead atoms. The van der Waals surface area contributed by atoms with Gasteiger partial charge in [-0.05, 0) is 60.7 Å². The van der Waals surface area contributed by atoms with E-state index >= 15 is 0 Å². The van der Waals surface area contributed by atoms with Crippen LogP contribution in [-0.4, -0.2) is 32.7 Å². The largest absolute Gasteiger partial charge is 0.497 e. The van der Waals surface area contributed by atoms with Crippen LogP contribution in [0.1, 0.15) is 0 Å². The summed E-state index contributed by atoms with van der Waals surface area (Å²) >= 11 is 0. The van der Waals surface area contributed by atoms with E-state index in [2.05, 4.69) is 10.6 Å². The molecule has 0 radical (unpaired) electrons. The van der Waals surface area contributed by atoms with Crippen LogP contribution >= 0.6 is 0 Å². The smallest absolute Gasteiger partial charge is 0.239 e. The first-order valence-corrected chi connectivity index (χ1v) is 9.33. The fourth-order valence-electron chi connectivity index (χ4n) is 2.54. The predicted molar refractivity (Wildman–Crippen MR) is 113 cm³/mol. The molecule has 6 nitrogen and oxygen atoms in total. The van der Waals surface area contributed by atoms with Crippen LogP contribution in [0, 0.1) is 0 Å². The standard InChI is InChI=1S/C23H24N2O4/c1-27-19-11-13-20(14-12-19)28-16-15-24-23(26)17-25-18-7-9-22(10-8-18)29-21-5-3-2-4-6-21/h2-14,25H,15-17H2,1H3,(H,24,26). The van der Waals surface area contributed by atoms with Crippen LogP contribution in [-0.2, 0) is 4.79 Å². The lowest BCUT2D eigenvalue weighted by atomic mass is 10.3.